The summed E-state index contributed by atoms with van der Waals surface area (Å²) in [5.41, 5.74) is 6.88. The van der Waals surface area contributed by atoms with E-state index in [1.54, 1.807) is 84.9 Å². The normalized spacial score (nSPS) is 16.7. The van der Waals surface area contributed by atoms with E-state index in [0.29, 0.717) is 67.4 Å². The molecule has 0 bridgehead atoms. The van der Waals surface area contributed by atoms with Gasteiger partial charge in [-0.15, -0.1) is 0 Å². The molecule has 0 aliphatic carbocycles. The van der Waals surface area contributed by atoms with E-state index >= 15 is 0 Å². The average Bonchev–Trinajstić information content (AvgIpc) is 1.23. The van der Waals surface area contributed by atoms with Gasteiger partial charge < -0.3 is 35.1 Å². The average molecular weight is 1320 g/mol. The Morgan fingerprint density at radius 1 is 0.534 bits per heavy atom. The van der Waals surface area contributed by atoms with Gasteiger partial charge in [0.05, 0.1) is 81.4 Å². The van der Waals surface area contributed by atoms with E-state index in [4.69, 9.17) is 20.8 Å². The van der Waals surface area contributed by atoms with Crippen LogP contribution < -0.4 is 44.3 Å². The second kappa shape index (κ2) is 33.5. The summed E-state index contributed by atoms with van der Waals surface area (Å²) < 4.78 is 95.1. The number of rotatable bonds is 21. The number of benzene rings is 6. The minimum absolute atomic E-state index is 0. The summed E-state index contributed by atoms with van der Waals surface area (Å²) in [6, 6.07) is 40.8. The Kier molecular flexibility index (Phi) is 27.4. The first-order chi connectivity index (χ1) is 40.9. The summed E-state index contributed by atoms with van der Waals surface area (Å²) in [6.45, 7) is 9.28. The Balaban J connectivity index is 0.000000238. The van der Waals surface area contributed by atoms with Crippen LogP contribution in [0.5, 0.6) is 17.2 Å². The Bertz CT molecular complexity index is 3720. The molecule has 3 aliphatic rings. The van der Waals surface area contributed by atoms with Crippen LogP contribution in [0, 0.1) is 6.57 Å². The maximum absolute atomic E-state index is 12.8. The van der Waals surface area contributed by atoms with Crippen LogP contribution in [0.3, 0.4) is 0 Å². The van der Waals surface area contributed by atoms with E-state index in [9.17, 15) is 44.4 Å². The van der Waals surface area contributed by atoms with Crippen LogP contribution in [0.25, 0.3) is 4.85 Å². The zero-order valence-electron chi connectivity index (χ0n) is 49.7. The molecule has 471 valence electrons. The molecule has 0 aromatic heterocycles. The van der Waals surface area contributed by atoms with Gasteiger partial charge >= 0.3 is 0 Å². The number of carbonyl (C=O) groups excluding carboxylic acids is 4. The quantitative estimate of drug-likeness (QED) is 0.0258. The zero-order valence-corrected chi connectivity index (χ0v) is 55.1. The smallest absolute Gasteiger partial charge is 0.222 e. The Hall–Kier alpha value is -6.99. The maximum Gasteiger partial charge on any atom is 0.222 e. The van der Waals surface area contributed by atoms with Gasteiger partial charge in [-0.3, -0.25) is 19.2 Å². The second-order valence-corrected chi connectivity index (χ2v) is 26.6. The van der Waals surface area contributed by atoms with E-state index in [1.807, 2.05) is 74.8 Å². The molecule has 0 spiro atoms. The van der Waals surface area contributed by atoms with Crippen molar-refractivity contribution in [3.63, 3.8) is 0 Å². The number of nitrogens with one attached hydrogen (secondary N) is 6. The van der Waals surface area contributed by atoms with Gasteiger partial charge in [-0.05, 0) is 54.5 Å². The number of ether oxygens (including phenoxy) is 3. The Morgan fingerprint density at radius 2 is 0.875 bits per heavy atom. The summed E-state index contributed by atoms with van der Waals surface area (Å²) in [5.74, 6) is 1.21. The number of fused-ring (bicyclic) bond motifs is 3. The van der Waals surface area contributed by atoms with Crippen LogP contribution in [0.2, 0.25) is 0 Å². The van der Waals surface area contributed by atoms with Gasteiger partial charge in [-0.25, -0.2) is 44.3 Å². The number of amides is 3. The van der Waals surface area contributed by atoms with Crippen molar-refractivity contribution in [2.45, 2.75) is 81.3 Å². The van der Waals surface area contributed by atoms with Gasteiger partial charge in [0.15, 0.2) is 5.69 Å². The van der Waals surface area contributed by atoms with Crippen LogP contribution in [0.15, 0.2) is 146 Å². The second-order valence-electron chi connectivity index (χ2n) is 21.3. The van der Waals surface area contributed by atoms with E-state index in [-0.39, 0.29) is 89.0 Å². The number of carbonyl (C=O) groups is 4. The third-order valence-electron chi connectivity index (χ3n) is 13.8. The van der Waals surface area contributed by atoms with Crippen molar-refractivity contribution in [1.29, 1.82) is 0 Å². The Labute approximate surface area is 536 Å². The monoisotopic (exact) mass is 1320 g/mol. The van der Waals surface area contributed by atoms with Crippen molar-refractivity contribution in [3.05, 3.63) is 202 Å². The Morgan fingerprint density at radius 3 is 1.22 bits per heavy atom. The molecule has 0 saturated heterocycles. The third-order valence-corrected chi connectivity index (χ3v) is 16.0. The first kappa shape index (κ1) is 71.8. The summed E-state index contributed by atoms with van der Waals surface area (Å²) in [7, 11) is -6.42. The minimum atomic E-state index is -3.49. The molecule has 3 heterocycles. The standard InChI is InChI=1S/C22H29N3O4S.C20H21N3O4S.C20H22N2O5S.Al.Ni.2H/c1-25(2)15-16-9-10-18-19(11-12-29-21(18)13-16)23-22(26)14-20(24-30(3,27)28)17-7-5-4-6-8-17;1-21-15-8-9-16-17(10-11-27-19(16)12-15)22-20(24)13-18(23-28(2,25)26)14-6-4-3-5-7-14;1-28(25,26)22-18(15-5-3-2-4-6-15)12-20(24)21-17-9-10-27-19-11-14(13-23)7-8-16(17)19;;;;/h4-10,13,19-20,24H,11-12,14-15H2,1-3H3,(H,23,26);3-9,12,17-18,23H,10-11,13H2,2H3,(H,22,24);2-8,11,13,17-18,22H,9-10,12H2,1H3,(H,21,24);;;;. The van der Waals surface area contributed by atoms with Crippen LogP contribution in [0.4, 0.5) is 5.69 Å². The summed E-state index contributed by atoms with van der Waals surface area (Å²) in [6.07, 6.45) is 5.81. The topological polar surface area (TPSA) is 278 Å². The number of aldehydes is 1. The number of nitrogens with zero attached hydrogens (tertiary/aromatic N) is 2. The maximum atomic E-state index is 12.8. The summed E-state index contributed by atoms with van der Waals surface area (Å²) in [5, 5.41) is 8.98. The van der Waals surface area contributed by atoms with E-state index < -0.39 is 48.2 Å². The van der Waals surface area contributed by atoms with Crippen molar-refractivity contribution < 1.29 is 75.1 Å². The molecule has 1 radical (unpaired) electrons. The molecule has 88 heavy (non-hydrogen) atoms. The number of hydrogen-bond acceptors (Lipinski definition) is 14. The van der Waals surface area contributed by atoms with E-state index in [1.165, 1.54) is 0 Å². The molecule has 21 nitrogen and oxygen atoms in total. The summed E-state index contributed by atoms with van der Waals surface area (Å²) >= 11 is 0. The van der Waals surface area contributed by atoms with E-state index in [2.05, 4.69) is 39.9 Å². The van der Waals surface area contributed by atoms with Crippen LogP contribution in [-0.4, -0.2) is 124 Å². The van der Waals surface area contributed by atoms with Crippen molar-refractivity contribution in [2.75, 3.05) is 52.7 Å². The molecule has 3 amide bonds. The van der Waals surface area contributed by atoms with E-state index in [0.717, 1.165) is 70.7 Å². The molecule has 6 unspecified atom stereocenters. The molecule has 6 N–H and O–H groups in total. The minimum Gasteiger partial charge on any atom is -0.494 e. The van der Waals surface area contributed by atoms with Crippen molar-refractivity contribution in [2.24, 2.45) is 0 Å². The summed E-state index contributed by atoms with van der Waals surface area (Å²) in [4.78, 5) is 54.6. The van der Waals surface area contributed by atoms with Crippen LogP contribution >= 0.6 is 0 Å². The van der Waals surface area contributed by atoms with Gasteiger partial charge in [0.2, 0.25) is 47.8 Å². The van der Waals surface area contributed by atoms with Crippen molar-refractivity contribution in [1.82, 2.24) is 35.0 Å². The first-order valence-electron chi connectivity index (χ1n) is 27.6. The van der Waals surface area contributed by atoms with Gasteiger partial charge in [0, 0.05) is 83.8 Å². The molecule has 0 fully saturated rings. The molecule has 9 rings (SSSR count). The number of hydrogen-bond donors (Lipinski definition) is 6. The van der Waals surface area contributed by atoms with Gasteiger partial charge in [0.25, 0.3) is 0 Å². The molecule has 6 aromatic rings. The van der Waals surface area contributed by atoms with Gasteiger partial charge in [-0.2, -0.15) is 0 Å². The fraction of sp³-hybridized carbons (Fsp3) is 0.339. The molecule has 3 aliphatic heterocycles. The van der Waals surface area contributed by atoms with Gasteiger partial charge in [0.1, 0.15) is 40.9 Å². The first-order valence-corrected chi connectivity index (χ1v) is 33.3. The van der Waals surface area contributed by atoms with Crippen LogP contribution in [0.1, 0.15) is 124 Å². The van der Waals surface area contributed by atoms with Gasteiger partial charge in [-0.1, -0.05) is 127 Å². The van der Waals surface area contributed by atoms with Crippen molar-refractivity contribution in [3.8, 4) is 17.2 Å². The predicted octanol–water partition coefficient (Wildman–Crippen LogP) is 6.43. The fourth-order valence-electron chi connectivity index (χ4n) is 10.1. The molecule has 6 aromatic carbocycles. The van der Waals surface area contributed by atoms with Crippen LogP contribution in [-0.2, 0) is 67.5 Å². The molecular formula is C62H74AlN8NiO13S3. The SMILES string of the molecule is CN(C)Cc1ccc2c(c1)OCCC2NC(=O)CC(NS(C)(=O)=O)c1ccccc1.CS(=O)(=O)NC(CC(=O)NC1CCOc2cc(C=O)ccc21)c1ccccc1.[AlH2].[C-]#[N+]c1ccc2c(c1)OCCC2NC(=O)CC(NS(C)(=O)=O)c1ccccc1.[Ni]. The third kappa shape index (κ3) is 22.9. The predicted molar refractivity (Wildman–Crippen MR) is 335 cm³/mol. The molecule has 26 heteroatoms. The molecule has 0 saturated carbocycles. The number of sulfonamides is 3. The van der Waals surface area contributed by atoms with Crippen molar-refractivity contribution >= 4 is 77.1 Å². The fourth-order valence-corrected chi connectivity index (χ4v) is 12.3. The largest absolute Gasteiger partial charge is 0.494 e. The molecular weight excluding hydrogens is 1250 g/mol. The zero-order chi connectivity index (χ0) is 62.0. The molecule has 6 atom stereocenters.